The van der Waals surface area contributed by atoms with E-state index in [2.05, 4.69) is 20.3 Å². The van der Waals surface area contributed by atoms with Crippen molar-refractivity contribution in [1.29, 1.82) is 0 Å². The lowest BCUT2D eigenvalue weighted by Crippen LogP contribution is -2.38. The van der Waals surface area contributed by atoms with Crippen molar-refractivity contribution in [2.24, 2.45) is 10.9 Å². The Bertz CT molecular complexity index is 677. The highest BCUT2D eigenvalue weighted by molar-refractivity contribution is 7.89. The van der Waals surface area contributed by atoms with Gasteiger partial charge in [0.1, 0.15) is 0 Å². The van der Waals surface area contributed by atoms with Gasteiger partial charge in [0.05, 0.1) is 11.4 Å². The van der Waals surface area contributed by atoms with Crippen molar-refractivity contribution in [3.8, 4) is 0 Å². The predicted octanol–water partition coefficient (Wildman–Crippen LogP) is 1.59. The maximum absolute atomic E-state index is 12.1. The standard InChI is InChI=1S/C17H26N4O2S/c1-2-18-17(19-11-13-3-4-13)20-12-14-5-9-16(10-6-14)24(22,23)21-15-7-8-15/h5-6,9-10,13,15,21H,2-4,7-8,11-12H2,1H3,(H2,18,19,20). The van der Waals surface area contributed by atoms with E-state index in [0.29, 0.717) is 11.4 Å². The molecule has 0 unspecified atom stereocenters. The van der Waals surface area contributed by atoms with E-state index in [0.717, 1.165) is 43.4 Å². The van der Waals surface area contributed by atoms with Crippen LogP contribution >= 0.6 is 0 Å². The van der Waals surface area contributed by atoms with Gasteiger partial charge in [-0.2, -0.15) is 0 Å². The van der Waals surface area contributed by atoms with Crippen LogP contribution < -0.4 is 15.4 Å². The SMILES string of the molecule is CCNC(=NCc1ccc(S(=O)(=O)NC2CC2)cc1)NCC1CC1. The normalized spacial score (nSPS) is 18.5. The third-order valence-corrected chi connectivity index (χ3v) is 5.69. The summed E-state index contributed by atoms with van der Waals surface area (Å²) in [6.07, 6.45) is 4.48. The maximum atomic E-state index is 12.1. The fraction of sp³-hybridized carbons (Fsp3) is 0.588. The van der Waals surface area contributed by atoms with Gasteiger partial charge in [0, 0.05) is 19.1 Å². The average Bonchev–Trinajstić information content (AvgIpc) is 3.46. The van der Waals surface area contributed by atoms with E-state index in [1.165, 1.54) is 12.8 Å². The topological polar surface area (TPSA) is 82.6 Å². The summed E-state index contributed by atoms with van der Waals surface area (Å²) in [5, 5.41) is 6.58. The number of benzene rings is 1. The van der Waals surface area contributed by atoms with E-state index >= 15 is 0 Å². The lowest BCUT2D eigenvalue weighted by Gasteiger charge is -2.11. The number of nitrogens with one attached hydrogen (secondary N) is 3. The maximum Gasteiger partial charge on any atom is 0.240 e. The first-order valence-electron chi connectivity index (χ1n) is 8.70. The molecular formula is C17H26N4O2S. The average molecular weight is 350 g/mol. The molecule has 0 spiro atoms. The second-order valence-electron chi connectivity index (χ2n) is 6.56. The third-order valence-electron chi connectivity index (χ3n) is 4.15. The molecule has 0 bridgehead atoms. The molecule has 0 amide bonds. The summed E-state index contributed by atoms with van der Waals surface area (Å²) in [4.78, 5) is 4.88. The molecule has 132 valence electrons. The molecule has 2 aliphatic carbocycles. The Morgan fingerprint density at radius 3 is 2.42 bits per heavy atom. The van der Waals surface area contributed by atoms with Crippen LogP contribution in [0.15, 0.2) is 34.2 Å². The lowest BCUT2D eigenvalue weighted by atomic mass is 10.2. The van der Waals surface area contributed by atoms with Gasteiger partial charge < -0.3 is 10.6 Å². The van der Waals surface area contributed by atoms with Gasteiger partial charge in [0.2, 0.25) is 10.0 Å². The summed E-state index contributed by atoms with van der Waals surface area (Å²) in [6, 6.07) is 7.09. The van der Waals surface area contributed by atoms with E-state index in [1.807, 2.05) is 19.1 Å². The van der Waals surface area contributed by atoms with Crippen LogP contribution in [0.4, 0.5) is 0 Å². The van der Waals surface area contributed by atoms with E-state index in [4.69, 9.17) is 0 Å². The van der Waals surface area contributed by atoms with Gasteiger partial charge in [0.25, 0.3) is 0 Å². The Kier molecular flexibility index (Phi) is 5.40. The Balaban J connectivity index is 1.58. The first-order chi connectivity index (χ1) is 11.6. The highest BCUT2D eigenvalue weighted by atomic mass is 32.2. The predicted molar refractivity (Wildman–Crippen MR) is 95.3 cm³/mol. The number of hydrogen-bond acceptors (Lipinski definition) is 3. The van der Waals surface area contributed by atoms with Crippen molar-refractivity contribution in [2.45, 2.75) is 50.1 Å². The zero-order valence-electron chi connectivity index (χ0n) is 14.1. The van der Waals surface area contributed by atoms with E-state index < -0.39 is 10.0 Å². The third kappa shape index (κ3) is 5.21. The largest absolute Gasteiger partial charge is 0.357 e. The highest BCUT2D eigenvalue weighted by Gasteiger charge is 2.27. The smallest absolute Gasteiger partial charge is 0.240 e. The number of hydrogen-bond donors (Lipinski definition) is 3. The minimum absolute atomic E-state index is 0.125. The molecule has 1 aromatic rings. The number of aliphatic imine (C=N–C) groups is 1. The Labute approximate surface area is 144 Å². The molecule has 0 saturated heterocycles. The summed E-state index contributed by atoms with van der Waals surface area (Å²) in [7, 11) is -3.38. The van der Waals surface area contributed by atoms with Crippen molar-refractivity contribution in [2.75, 3.05) is 13.1 Å². The van der Waals surface area contributed by atoms with Crippen molar-refractivity contribution < 1.29 is 8.42 Å². The molecule has 7 heteroatoms. The number of nitrogens with zero attached hydrogens (tertiary/aromatic N) is 1. The molecular weight excluding hydrogens is 324 g/mol. The Hall–Kier alpha value is -1.60. The monoisotopic (exact) mass is 350 g/mol. The van der Waals surface area contributed by atoms with E-state index in [1.54, 1.807) is 12.1 Å². The fourth-order valence-corrected chi connectivity index (χ4v) is 3.64. The zero-order chi connectivity index (χ0) is 17.0. The van der Waals surface area contributed by atoms with Gasteiger partial charge >= 0.3 is 0 Å². The molecule has 1 aromatic carbocycles. The number of sulfonamides is 1. The van der Waals surface area contributed by atoms with E-state index in [-0.39, 0.29) is 6.04 Å². The first-order valence-corrected chi connectivity index (χ1v) is 10.2. The Morgan fingerprint density at radius 1 is 1.12 bits per heavy atom. The first kappa shape index (κ1) is 17.2. The fourth-order valence-electron chi connectivity index (χ4n) is 2.34. The van der Waals surface area contributed by atoms with Crippen LogP contribution in [0.2, 0.25) is 0 Å². The number of guanidine groups is 1. The summed E-state index contributed by atoms with van der Waals surface area (Å²) < 4.78 is 27.0. The van der Waals surface area contributed by atoms with Crippen molar-refractivity contribution in [3.63, 3.8) is 0 Å². The summed E-state index contributed by atoms with van der Waals surface area (Å²) >= 11 is 0. The molecule has 6 nitrogen and oxygen atoms in total. The molecule has 0 aliphatic heterocycles. The Morgan fingerprint density at radius 2 is 1.83 bits per heavy atom. The number of rotatable bonds is 8. The van der Waals surface area contributed by atoms with Crippen molar-refractivity contribution in [1.82, 2.24) is 15.4 Å². The lowest BCUT2D eigenvalue weighted by molar-refractivity contribution is 0.581. The zero-order valence-corrected chi connectivity index (χ0v) is 14.9. The molecule has 2 aliphatic rings. The molecule has 3 rings (SSSR count). The van der Waals surface area contributed by atoms with Gasteiger partial charge in [-0.05, 0) is 56.2 Å². The molecule has 2 saturated carbocycles. The second-order valence-corrected chi connectivity index (χ2v) is 8.27. The van der Waals surface area contributed by atoms with Gasteiger partial charge in [0.15, 0.2) is 5.96 Å². The van der Waals surface area contributed by atoms with Crippen LogP contribution in [-0.4, -0.2) is 33.5 Å². The van der Waals surface area contributed by atoms with E-state index in [9.17, 15) is 8.42 Å². The van der Waals surface area contributed by atoms with Crippen molar-refractivity contribution in [3.05, 3.63) is 29.8 Å². The van der Waals surface area contributed by atoms with Gasteiger partial charge in [-0.25, -0.2) is 18.1 Å². The molecule has 0 aromatic heterocycles. The molecule has 3 N–H and O–H groups in total. The van der Waals surface area contributed by atoms with Crippen LogP contribution in [0.5, 0.6) is 0 Å². The highest BCUT2D eigenvalue weighted by Crippen LogP contribution is 2.27. The molecule has 0 heterocycles. The van der Waals surface area contributed by atoms with Gasteiger partial charge in [-0.15, -0.1) is 0 Å². The second kappa shape index (κ2) is 7.53. The summed E-state index contributed by atoms with van der Waals surface area (Å²) in [6.45, 7) is 4.35. The minimum atomic E-state index is -3.38. The van der Waals surface area contributed by atoms with Gasteiger partial charge in [-0.3, -0.25) is 0 Å². The van der Waals surface area contributed by atoms with Crippen LogP contribution in [0.3, 0.4) is 0 Å². The molecule has 24 heavy (non-hydrogen) atoms. The molecule has 2 fully saturated rings. The van der Waals surface area contributed by atoms with Crippen LogP contribution in [0, 0.1) is 5.92 Å². The molecule has 0 atom stereocenters. The van der Waals surface area contributed by atoms with Gasteiger partial charge in [-0.1, -0.05) is 12.1 Å². The molecule has 0 radical (unpaired) electrons. The van der Waals surface area contributed by atoms with Crippen LogP contribution in [0.1, 0.15) is 38.2 Å². The van der Waals surface area contributed by atoms with Crippen LogP contribution in [-0.2, 0) is 16.6 Å². The summed E-state index contributed by atoms with van der Waals surface area (Å²) in [5.74, 6) is 1.61. The quantitative estimate of drug-likeness (QED) is 0.491. The van der Waals surface area contributed by atoms with Crippen LogP contribution in [0.25, 0.3) is 0 Å². The minimum Gasteiger partial charge on any atom is -0.357 e. The van der Waals surface area contributed by atoms with Crippen molar-refractivity contribution >= 4 is 16.0 Å². The summed E-state index contributed by atoms with van der Waals surface area (Å²) in [5.41, 5.74) is 0.990.